The van der Waals surface area contributed by atoms with E-state index in [1.807, 2.05) is 30.3 Å². The summed E-state index contributed by atoms with van der Waals surface area (Å²) < 4.78 is 10.5. The number of furan rings is 1. The van der Waals surface area contributed by atoms with Crippen LogP contribution in [-0.2, 0) is 11.3 Å². The monoisotopic (exact) mass is 343 g/mol. The van der Waals surface area contributed by atoms with Crippen LogP contribution in [0.4, 0.5) is 5.69 Å². The maximum Gasteiger partial charge on any atom is 0.234 e. The fraction of sp³-hybridized carbons (Fsp3) is 0.421. The van der Waals surface area contributed by atoms with E-state index in [0.29, 0.717) is 19.1 Å². The smallest absolute Gasteiger partial charge is 0.234 e. The van der Waals surface area contributed by atoms with Gasteiger partial charge in [-0.1, -0.05) is 6.07 Å². The van der Waals surface area contributed by atoms with Gasteiger partial charge in [0.25, 0.3) is 0 Å². The standard InChI is InChI=1S/C19H25N3O3/c1-24-17-5-2-4-16(12-17)21-15-7-9-22(10-8-15)14-19(23)20-13-18-6-3-11-25-18/h2-6,11-12,15,21H,7-10,13-14H2,1H3,(H,20,23). The topological polar surface area (TPSA) is 66.7 Å². The van der Waals surface area contributed by atoms with Crippen molar-refractivity contribution in [3.63, 3.8) is 0 Å². The summed E-state index contributed by atoms with van der Waals surface area (Å²) in [7, 11) is 1.68. The molecule has 134 valence electrons. The van der Waals surface area contributed by atoms with E-state index >= 15 is 0 Å². The molecule has 1 saturated heterocycles. The molecule has 0 atom stereocenters. The first-order chi connectivity index (χ1) is 12.2. The van der Waals surface area contributed by atoms with Crippen LogP contribution in [0.15, 0.2) is 47.1 Å². The van der Waals surface area contributed by atoms with Gasteiger partial charge >= 0.3 is 0 Å². The Hall–Kier alpha value is -2.47. The minimum atomic E-state index is 0.0376. The highest BCUT2D eigenvalue weighted by molar-refractivity contribution is 5.77. The molecule has 0 spiro atoms. The zero-order valence-corrected chi connectivity index (χ0v) is 14.5. The Labute approximate surface area is 148 Å². The number of methoxy groups -OCH3 is 1. The lowest BCUT2D eigenvalue weighted by Crippen LogP contribution is -2.44. The van der Waals surface area contributed by atoms with Gasteiger partial charge in [-0.3, -0.25) is 9.69 Å². The summed E-state index contributed by atoms with van der Waals surface area (Å²) in [5, 5.41) is 6.45. The molecule has 3 rings (SSSR count). The number of ether oxygens (including phenoxy) is 1. The SMILES string of the molecule is COc1cccc(NC2CCN(CC(=O)NCc3ccco3)CC2)c1. The molecule has 1 aromatic carbocycles. The van der Waals surface area contributed by atoms with Crippen LogP contribution < -0.4 is 15.4 Å². The molecular formula is C19H25N3O3. The number of hydrogen-bond acceptors (Lipinski definition) is 5. The zero-order chi connectivity index (χ0) is 17.5. The highest BCUT2D eigenvalue weighted by Crippen LogP contribution is 2.20. The summed E-state index contributed by atoms with van der Waals surface area (Å²) in [5.41, 5.74) is 1.08. The Bertz CT molecular complexity index is 664. The molecule has 0 radical (unpaired) electrons. The Balaban J connectivity index is 1.38. The number of nitrogens with zero attached hydrogens (tertiary/aromatic N) is 1. The fourth-order valence-corrected chi connectivity index (χ4v) is 3.04. The number of carbonyl (C=O) groups excluding carboxylic acids is 1. The summed E-state index contributed by atoms with van der Waals surface area (Å²) in [6, 6.07) is 12.1. The number of piperidine rings is 1. The third-order valence-electron chi connectivity index (χ3n) is 4.44. The third-order valence-corrected chi connectivity index (χ3v) is 4.44. The van der Waals surface area contributed by atoms with Crippen LogP contribution in [0.25, 0.3) is 0 Å². The van der Waals surface area contributed by atoms with E-state index in [0.717, 1.165) is 43.1 Å². The number of anilines is 1. The van der Waals surface area contributed by atoms with Gasteiger partial charge in [0.05, 0.1) is 26.5 Å². The molecule has 0 unspecified atom stereocenters. The van der Waals surface area contributed by atoms with Crippen molar-refractivity contribution in [2.75, 3.05) is 32.1 Å². The minimum Gasteiger partial charge on any atom is -0.497 e. The third kappa shape index (κ3) is 5.26. The second-order valence-electron chi connectivity index (χ2n) is 6.28. The van der Waals surface area contributed by atoms with Gasteiger partial charge in [0.15, 0.2) is 0 Å². The molecule has 2 heterocycles. The van der Waals surface area contributed by atoms with Crippen molar-refractivity contribution in [3.8, 4) is 5.75 Å². The molecule has 1 aliphatic heterocycles. The van der Waals surface area contributed by atoms with Crippen molar-refractivity contribution in [1.82, 2.24) is 10.2 Å². The van der Waals surface area contributed by atoms with E-state index in [9.17, 15) is 4.79 Å². The molecule has 1 aliphatic rings. The van der Waals surface area contributed by atoms with Crippen LogP contribution >= 0.6 is 0 Å². The molecular weight excluding hydrogens is 318 g/mol. The first-order valence-electron chi connectivity index (χ1n) is 8.65. The van der Waals surface area contributed by atoms with Crippen LogP contribution in [0.2, 0.25) is 0 Å². The Morgan fingerprint density at radius 2 is 2.12 bits per heavy atom. The quantitative estimate of drug-likeness (QED) is 0.808. The van der Waals surface area contributed by atoms with Crippen molar-refractivity contribution in [2.24, 2.45) is 0 Å². The van der Waals surface area contributed by atoms with Gasteiger partial charge < -0.3 is 19.8 Å². The summed E-state index contributed by atoms with van der Waals surface area (Å²) >= 11 is 0. The minimum absolute atomic E-state index is 0.0376. The molecule has 0 saturated carbocycles. The van der Waals surface area contributed by atoms with Crippen LogP contribution in [-0.4, -0.2) is 43.6 Å². The van der Waals surface area contributed by atoms with Crippen LogP contribution in [0, 0.1) is 0 Å². The van der Waals surface area contributed by atoms with Gasteiger partial charge in [-0.15, -0.1) is 0 Å². The number of hydrogen-bond donors (Lipinski definition) is 2. The number of benzene rings is 1. The second-order valence-corrected chi connectivity index (χ2v) is 6.28. The molecule has 0 bridgehead atoms. The second kappa shape index (κ2) is 8.58. The summed E-state index contributed by atoms with van der Waals surface area (Å²) in [6.07, 6.45) is 3.65. The average Bonchev–Trinajstić information content (AvgIpc) is 3.15. The molecule has 2 aromatic rings. The highest BCUT2D eigenvalue weighted by atomic mass is 16.5. The average molecular weight is 343 g/mol. The lowest BCUT2D eigenvalue weighted by molar-refractivity contribution is -0.122. The maximum absolute atomic E-state index is 12.0. The Morgan fingerprint density at radius 3 is 2.84 bits per heavy atom. The molecule has 2 N–H and O–H groups in total. The summed E-state index contributed by atoms with van der Waals surface area (Å²) in [6.45, 7) is 2.71. The number of amides is 1. The molecule has 1 amide bonds. The Morgan fingerprint density at radius 1 is 1.28 bits per heavy atom. The molecule has 25 heavy (non-hydrogen) atoms. The lowest BCUT2D eigenvalue weighted by Gasteiger charge is -2.32. The molecule has 6 nitrogen and oxygen atoms in total. The number of rotatable bonds is 7. The van der Waals surface area contributed by atoms with E-state index in [1.165, 1.54) is 0 Å². The molecule has 6 heteroatoms. The first kappa shape index (κ1) is 17.4. The first-order valence-corrected chi connectivity index (χ1v) is 8.65. The number of nitrogens with one attached hydrogen (secondary N) is 2. The fourth-order valence-electron chi connectivity index (χ4n) is 3.04. The van der Waals surface area contributed by atoms with E-state index in [2.05, 4.69) is 21.6 Å². The number of likely N-dealkylation sites (tertiary alicyclic amines) is 1. The van der Waals surface area contributed by atoms with E-state index in [-0.39, 0.29) is 5.91 Å². The number of carbonyl (C=O) groups is 1. The van der Waals surface area contributed by atoms with E-state index in [1.54, 1.807) is 13.4 Å². The van der Waals surface area contributed by atoms with Gasteiger partial charge in [0.1, 0.15) is 11.5 Å². The van der Waals surface area contributed by atoms with Crippen LogP contribution in [0.3, 0.4) is 0 Å². The van der Waals surface area contributed by atoms with Gasteiger partial charge in [-0.05, 0) is 37.1 Å². The van der Waals surface area contributed by atoms with Crippen molar-refractivity contribution >= 4 is 11.6 Å². The highest BCUT2D eigenvalue weighted by Gasteiger charge is 2.20. The van der Waals surface area contributed by atoms with Crippen molar-refractivity contribution in [2.45, 2.75) is 25.4 Å². The van der Waals surface area contributed by atoms with Gasteiger partial charge in [0.2, 0.25) is 5.91 Å². The molecule has 0 aliphatic carbocycles. The maximum atomic E-state index is 12.0. The van der Waals surface area contributed by atoms with Crippen molar-refractivity contribution in [3.05, 3.63) is 48.4 Å². The zero-order valence-electron chi connectivity index (χ0n) is 14.5. The molecule has 1 aromatic heterocycles. The van der Waals surface area contributed by atoms with E-state index < -0.39 is 0 Å². The lowest BCUT2D eigenvalue weighted by atomic mass is 10.0. The van der Waals surface area contributed by atoms with Crippen molar-refractivity contribution < 1.29 is 13.9 Å². The largest absolute Gasteiger partial charge is 0.497 e. The van der Waals surface area contributed by atoms with Crippen LogP contribution in [0.1, 0.15) is 18.6 Å². The Kier molecular flexibility index (Phi) is 5.95. The normalized spacial score (nSPS) is 15.7. The van der Waals surface area contributed by atoms with Gasteiger partial charge in [-0.25, -0.2) is 0 Å². The predicted molar refractivity (Wildman–Crippen MR) is 96.6 cm³/mol. The van der Waals surface area contributed by atoms with Crippen molar-refractivity contribution in [1.29, 1.82) is 0 Å². The summed E-state index contributed by atoms with van der Waals surface area (Å²) in [5.74, 6) is 1.67. The van der Waals surface area contributed by atoms with Crippen LogP contribution in [0.5, 0.6) is 5.75 Å². The summed E-state index contributed by atoms with van der Waals surface area (Å²) in [4.78, 5) is 14.2. The van der Waals surface area contributed by atoms with E-state index in [4.69, 9.17) is 9.15 Å². The van der Waals surface area contributed by atoms with Gasteiger partial charge in [-0.2, -0.15) is 0 Å². The molecule has 1 fully saturated rings. The van der Waals surface area contributed by atoms with Gasteiger partial charge in [0, 0.05) is 30.9 Å². The predicted octanol–water partition coefficient (Wildman–Crippen LogP) is 2.48.